The molecule has 1 fully saturated rings. The number of hydrogen-bond donors (Lipinski definition) is 0. The van der Waals surface area contributed by atoms with E-state index in [4.69, 9.17) is 9.47 Å². The Morgan fingerprint density at radius 1 is 0.689 bits per heavy atom. The molecule has 1 unspecified atom stereocenters. The van der Waals surface area contributed by atoms with Crippen LogP contribution in [0.5, 0.6) is 0 Å². The van der Waals surface area contributed by atoms with Crippen molar-refractivity contribution in [2.45, 2.75) is 194 Å². The van der Waals surface area contributed by atoms with Gasteiger partial charge < -0.3 is 19.3 Å². The topological polar surface area (TPSA) is 59.1 Å². The fourth-order valence-electron chi connectivity index (χ4n) is 6.42. The van der Waals surface area contributed by atoms with Gasteiger partial charge in [0, 0.05) is 19.5 Å². The number of amides is 1. The van der Waals surface area contributed by atoms with Gasteiger partial charge in [-0.05, 0) is 91.3 Å². The van der Waals surface area contributed by atoms with Gasteiger partial charge in [-0.2, -0.15) is 0 Å². The zero-order valence-electron chi connectivity index (χ0n) is 30.8. The molecule has 0 radical (unpaired) electrons. The van der Waals surface area contributed by atoms with Crippen LogP contribution in [0.15, 0.2) is 0 Å². The molecule has 1 saturated heterocycles. The molecule has 0 spiro atoms. The van der Waals surface area contributed by atoms with Crippen LogP contribution in [0.25, 0.3) is 0 Å². The maximum atomic E-state index is 12.7. The Morgan fingerprint density at radius 3 is 1.76 bits per heavy atom. The second kappa shape index (κ2) is 27.8. The lowest BCUT2D eigenvalue weighted by atomic mass is 9.94. The van der Waals surface area contributed by atoms with Gasteiger partial charge in [-0.3, -0.25) is 4.79 Å². The zero-order valence-corrected chi connectivity index (χ0v) is 30.8. The number of unbranched alkanes of at least 4 members (excludes halogenated alkanes) is 17. The second-order valence-corrected chi connectivity index (χ2v) is 14.9. The number of carbonyl (C=O) groups is 2. The summed E-state index contributed by atoms with van der Waals surface area (Å²) in [5, 5.41) is 0. The highest BCUT2D eigenvalue weighted by Gasteiger charge is 2.27. The van der Waals surface area contributed by atoms with Crippen molar-refractivity contribution in [1.82, 2.24) is 9.80 Å². The molecule has 0 aromatic carbocycles. The molecule has 0 N–H and O–H groups in total. The first-order chi connectivity index (χ1) is 21.7. The lowest BCUT2D eigenvalue weighted by Crippen LogP contribution is -2.43. The summed E-state index contributed by atoms with van der Waals surface area (Å²) < 4.78 is 11.0. The molecule has 1 aliphatic heterocycles. The van der Waals surface area contributed by atoms with Crippen LogP contribution in [-0.2, 0) is 14.3 Å². The number of hydrogen-bond acceptors (Lipinski definition) is 5. The van der Waals surface area contributed by atoms with E-state index in [0.29, 0.717) is 18.9 Å². The predicted octanol–water partition coefficient (Wildman–Crippen LogP) is 11.1. The molecule has 0 saturated carbocycles. The van der Waals surface area contributed by atoms with Crippen molar-refractivity contribution in [3.63, 3.8) is 0 Å². The molecule has 0 bridgehead atoms. The lowest BCUT2D eigenvalue weighted by Gasteiger charge is -2.35. The van der Waals surface area contributed by atoms with Gasteiger partial charge in [-0.25, -0.2) is 4.79 Å². The summed E-state index contributed by atoms with van der Waals surface area (Å²) in [6, 6.07) is 0. The molecule has 0 aromatic heterocycles. The van der Waals surface area contributed by atoms with Gasteiger partial charge in [-0.1, -0.05) is 117 Å². The minimum Gasteiger partial charge on any atom is -0.466 e. The SMILES string of the molecule is CCCCCCCCCCCCCCN(CCCCCCCC(=O)OCCCCC)CCC1CCCN(C(=O)OC(C)(C)C)C1. The molecule has 6 heteroatoms. The van der Waals surface area contributed by atoms with Crippen molar-refractivity contribution < 1.29 is 19.1 Å². The van der Waals surface area contributed by atoms with E-state index in [1.807, 2.05) is 25.7 Å². The predicted molar refractivity (Wildman–Crippen MR) is 191 cm³/mol. The van der Waals surface area contributed by atoms with E-state index in [9.17, 15) is 9.59 Å². The van der Waals surface area contributed by atoms with E-state index < -0.39 is 5.60 Å². The van der Waals surface area contributed by atoms with Crippen LogP contribution in [0.1, 0.15) is 189 Å². The smallest absolute Gasteiger partial charge is 0.410 e. The van der Waals surface area contributed by atoms with Crippen LogP contribution in [0, 0.1) is 5.92 Å². The van der Waals surface area contributed by atoms with Crippen LogP contribution < -0.4 is 0 Å². The molecule has 1 amide bonds. The third-order valence-electron chi connectivity index (χ3n) is 9.22. The van der Waals surface area contributed by atoms with Crippen molar-refractivity contribution in [3.8, 4) is 0 Å². The molecule has 1 heterocycles. The van der Waals surface area contributed by atoms with E-state index >= 15 is 0 Å². The molecule has 0 aromatic rings. The summed E-state index contributed by atoms with van der Waals surface area (Å²) in [4.78, 5) is 29.2. The third-order valence-corrected chi connectivity index (χ3v) is 9.22. The fraction of sp³-hybridized carbons (Fsp3) is 0.949. The summed E-state index contributed by atoms with van der Waals surface area (Å²) in [7, 11) is 0. The van der Waals surface area contributed by atoms with Gasteiger partial charge in [0.25, 0.3) is 0 Å². The summed E-state index contributed by atoms with van der Waals surface area (Å²) in [6.07, 6.45) is 29.6. The first-order valence-electron chi connectivity index (χ1n) is 19.6. The van der Waals surface area contributed by atoms with Crippen molar-refractivity contribution >= 4 is 12.1 Å². The zero-order chi connectivity index (χ0) is 33.0. The summed E-state index contributed by atoms with van der Waals surface area (Å²) in [6.45, 7) is 16.0. The maximum absolute atomic E-state index is 12.7. The Bertz CT molecular complexity index is 708. The number of carbonyl (C=O) groups excluding carboxylic acids is 2. The Kier molecular flexibility index (Phi) is 25.8. The number of esters is 1. The van der Waals surface area contributed by atoms with Gasteiger partial charge in [0.1, 0.15) is 5.60 Å². The van der Waals surface area contributed by atoms with E-state index in [-0.39, 0.29) is 12.1 Å². The molecule has 0 aliphatic carbocycles. The number of nitrogens with zero attached hydrogens (tertiary/aromatic N) is 2. The van der Waals surface area contributed by atoms with Crippen molar-refractivity contribution in [3.05, 3.63) is 0 Å². The highest BCUT2D eigenvalue weighted by atomic mass is 16.6. The van der Waals surface area contributed by atoms with E-state index in [0.717, 1.165) is 64.6 Å². The Morgan fingerprint density at radius 2 is 1.20 bits per heavy atom. The normalized spacial score (nSPS) is 15.5. The quantitative estimate of drug-likeness (QED) is 0.0631. The Hall–Kier alpha value is -1.30. The molecule has 1 aliphatic rings. The van der Waals surface area contributed by atoms with Gasteiger partial charge in [0.2, 0.25) is 0 Å². The molecule has 1 atom stereocenters. The minimum atomic E-state index is -0.438. The summed E-state index contributed by atoms with van der Waals surface area (Å²) in [5.41, 5.74) is -0.438. The number of ether oxygens (including phenoxy) is 2. The minimum absolute atomic E-state index is 0.0207. The highest BCUT2D eigenvalue weighted by molar-refractivity contribution is 5.69. The Labute approximate surface area is 280 Å². The number of rotatable bonds is 28. The van der Waals surface area contributed by atoms with E-state index in [1.165, 1.54) is 116 Å². The molecule has 6 nitrogen and oxygen atoms in total. The standard InChI is InChI=1S/C39H76N2O4/c1-6-8-10-11-12-13-14-15-16-17-20-23-30-40(31-24-21-18-19-22-28-37(42)44-34-25-9-7-2)33-29-36-27-26-32-41(35-36)38(43)45-39(3,4)5/h36H,6-35H2,1-5H3. The van der Waals surface area contributed by atoms with Gasteiger partial charge in [-0.15, -0.1) is 0 Å². The van der Waals surface area contributed by atoms with Crippen LogP contribution in [0.4, 0.5) is 4.79 Å². The Balaban J connectivity index is 2.33. The van der Waals surface area contributed by atoms with Crippen molar-refractivity contribution in [2.75, 3.05) is 39.3 Å². The molecular formula is C39H76N2O4. The van der Waals surface area contributed by atoms with Crippen LogP contribution in [0.2, 0.25) is 0 Å². The van der Waals surface area contributed by atoms with Crippen molar-refractivity contribution in [2.24, 2.45) is 5.92 Å². The average Bonchev–Trinajstić information content (AvgIpc) is 3.00. The third kappa shape index (κ3) is 25.5. The van der Waals surface area contributed by atoms with Gasteiger partial charge in [0.15, 0.2) is 0 Å². The largest absolute Gasteiger partial charge is 0.466 e. The van der Waals surface area contributed by atoms with Crippen LogP contribution >= 0.6 is 0 Å². The first-order valence-corrected chi connectivity index (χ1v) is 19.6. The molecule has 45 heavy (non-hydrogen) atoms. The maximum Gasteiger partial charge on any atom is 0.410 e. The average molecular weight is 637 g/mol. The molecular weight excluding hydrogens is 560 g/mol. The first kappa shape index (κ1) is 41.7. The monoisotopic (exact) mass is 637 g/mol. The fourth-order valence-corrected chi connectivity index (χ4v) is 6.42. The highest BCUT2D eigenvalue weighted by Crippen LogP contribution is 2.23. The van der Waals surface area contributed by atoms with Crippen molar-refractivity contribution in [1.29, 1.82) is 0 Å². The van der Waals surface area contributed by atoms with Gasteiger partial charge >= 0.3 is 12.1 Å². The second-order valence-electron chi connectivity index (χ2n) is 14.9. The number of piperidine rings is 1. The van der Waals surface area contributed by atoms with E-state index in [1.54, 1.807) is 0 Å². The van der Waals surface area contributed by atoms with Crippen LogP contribution in [-0.4, -0.2) is 66.8 Å². The van der Waals surface area contributed by atoms with Gasteiger partial charge in [0.05, 0.1) is 6.61 Å². The number of likely N-dealkylation sites (tertiary alicyclic amines) is 1. The molecule has 266 valence electrons. The summed E-state index contributed by atoms with van der Waals surface area (Å²) >= 11 is 0. The molecule has 1 rings (SSSR count). The summed E-state index contributed by atoms with van der Waals surface area (Å²) in [5.74, 6) is 0.546. The van der Waals surface area contributed by atoms with E-state index in [2.05, 4.69) is 18.7 Å². The van der Waals surface area contributed by atoms with Crippen LogP contribution in [0.3, 0.4) is 0 Å². The lowest BCUT2D eigenvalue weighted by molar-refractivity contribution is -0.143.